The highest BCUT2D eigenvalue weighted by Crippen LogP contribution is 2.23. The Kier molecular flexibility index (Phi) is 3.54. The number of furan rings is 1. The van der Waals surface area contributed by atoms with Crippen molar-refractivity contribution < 1.29 is 13.9 Å². The lowest BCUT2D eigenvalue weighted by molar-refractivity contribution is 0.0476. The minimum absolute atomic E-state index is 0.0866. The van der Waals surface area contributed by atoms with Crippen LogP contribution in [0.1, 0.15) is 18.2 Å². The molecule has 1 atom stereocenters. The number of nitrogens with one attached hydrogen (secondary N) is 1. The maximum absolute atomic E-state index is 13.6. The zero-order valence-corrected chi connectivity index (χ0v) is 10.4. The Morgan fingerprint density at radius 1 is 1.47 bits per heavy atom. The Hall–Kier alpha value is -2.32. The normalized spacial score (nSPS) is 13.6. The molecule has 0 saturated heterocycles. The first-order valence-corrected chi connectivity index (χ1v) is 5.73. The Bertz CT molecular complexity index is 600. The molecule has 98 valence electrons. The van der Waals surface area contributed by atoms with Crippen LogP contribution in [0.3, 0.4) is 0 Å². The van der Waals surface area contributed by atoms with Crippen LogP contribution in [-0.2, 0) is 5.60 Å². The summed E-state index contributed by atoms with van der Waals surface area (Å²) < 4.78 is 18.8. The van der Waals surface area contributed by atoms with Gasteiger partial charge in [0.1, 0.15) is 17.2 Å². The van der Waals surface area contributed by atoms with Crippen molar-refractivity contribution in [3.8, 4) is 6.07 Å². The topological polar surface area (TPSA) is 69.2 Å². The summed E-state index contributed by atoms with van der Waals surface area (Å²) in [6.45, 7) is 1.66. The molecule has 0 aliphatic carbocycles. The van der Waals surface area contributed by atoms with Crippen LogP contribution in [0.15, 0.2) is 41.0 Å². The van der Waals surface area contributed by atoms with Crippen molar-refractivity contribution in [1.29, 1.82) is 5.26 Å². The van der Waals surface area contributed by atoms with Gasteiger partial charge in [0.05, 0.1) is 30.1 Å². The summed E-state index contributed by atoms with van der Waals surface area (Å²) in [6.07, 6.45) is 1.46. The average Bonchev–Trinajstić information content (AvgIpc) is 2.92. The summed E-state index contributed by atoms with van der Waals surface area (Å²) >= 11 is 0. The lowest BCUT2D eigenvalue weighted by Crippen LogP contribution is -2.30. The lowest BCUT2D eigenvalue weighted by atomic mass is 10.0. The monoisotopic (exact) mass is 260 g/mol. The van der Waals surface area contributed by atoms with Gasteiger partial charge in [0, 0.05) is 0 Å². The van der Waals surface area contributed by atoms with Crippen LogP contribution in [0.25, 0.3) is 0 Å². The van der Waals surface area contributed by atoms with Crippen LogP contribution < -0.4 is 5.32 Å². The SMILES string of the molecule is CC(O)(CNc1ccc(C#N)cc1F)c1ccco1. The maximum Gasteiger partial charge on any atom is 0.147 e. The predicted molar refractivity (Wildman–Crippen MR) is 67.9 cm³/mol. The number of benzene rings is 1. The third kappa shape index (κ3) is 2.92. The quantitative estimate of drug-likeness (QED) is 0.886. The summed E-state index contributed by atoms with van der Waals surface area (Å²) in [5.41, 5.74) is -0.768. The van der Waals surface area contributed by atoms with E-state index in [1.165, 1.54) is 18.4 Å². The van der Waals surface area contributed by atoms with Gasteiger partial charge in [0.25, 0.3) is 0 Å². The van der Waals surface area contributed by atoms with Crippen molar-refractivity contribution >= 4 is 5.69 Å². The van der Waals surface area contributed by atoms with Crippen LogP contribution >= 0.6 is 0 Å². The van der Waals surface area contributed by atoms with Crippen molar-refractivity contribution in [3.63, 3.8) is 0 Å². The smallest absolute Gasteiger partial charge is 0.147 e. The van der Waals surface area contributed by atoms with Gasteiger partial charge in [-0.25, -0.2) is 4.39 Å². The maximum atomic E-state index is 13.6. The molecule has 1 aromatic heterocycles. The molecule has 0 amide bonds. The number of nitriles is 1. The van der Waals surface area contributed by atoms with Crippen molar-refractivity contribution in [2.75, 3.05) is 11.9 Å². The molecule has 2 aromatic rings. The highest BCUT2D eigenvalue weighted by atomic mass is 19.1. The van der Waals surface area contributed by atoms with Gasteiger partial charge in [-0.3, -0.25) is 0 Å². The molecule has 2 rings (SSSR count). The summed E-state index contributed by atoms with van der Waals surface area (Å²) in [5.74, 6) is -0.136. The van der Waals surface area contributed by atoms with Crippen LogP contribution in [0, 0.1) is 17.1 Å². The highest BCUT2D eigenvalue weighted by molar-refractivity contribution is 5.49. The zero-order chi connectivity index (χ0) is 13.9. The van der Waals surface area contributed by atoms with Crippen molar-refractivity contribution in [2.45, 2.75) is 12.5 Å². The molecule has 0 spiro atoms. The van der Waals surface area contributed by atoms with Crippen LogP contribution in [-0.4, -0.2) is 11.7 Å². The average molecular weight is 260 g/mol. The predicted octanol–water partition coefficient (Wildman–Crippen LogP) is 2.61. The number of rotatable bonds is 4. The van der Waals surface area contributed by atoms with E-state index < -0.39 is 11.4 Å². The lowest BCUT2D eigenvalue weighted by Gasteiger charge is -2.22. The molecule has 1 heterocycles. The van der Waals surface area contributed by atoms with E-state index in [2.05, 4.69) is 5.32 Å². The third-order valence-electron chi connectivity index (χ3n) is 2.77. The van der Waals surface area contributed by atoms with E-state index in [9.17, 15) is 9.50 Å². The summed E-state index contributed by atoms with van der Waals surface area (Å²) in [4.78, 5) is 0. The minimum Gasteiger partial charge on any atom is -0.466 e. The molecule has 19 heavy (non-hydrogen) atoms. The highest BCUT2D eigenvalue weighted by Gasteiger charge is 2.26. The van der Waals surface area contributed by atoms with Gasteiger partial charge in [-0.2, -0.15) is 5.26 Å². The molecule has 4 nitrogen and oxygen atoms in total. The summed E-state index contributed by atoms with van der Waals surface area (Å²) in [5, 5.41) is 21.6. The number of halogens is 1. The van der Waals surface area contributed by atoms with Crippen LogP contribution in [0.4, 0.5) is 10.1 Å². The molecule has 0 saturated carbocycles. The first-order valence-electron chi connectivity index (χ1n) is 5.73. The number of nitrogens with zero attached hydrogens (tertiary/aromatic N) is 1. The molecule has 0 bridgehead atoms. The number of aliphatic hydroxyl groups is 1. The van der Waals surface area contributed by atoms with E-state index in [-0.39, 0.29) is 17.8 Å². The molecule has 0 aliphatic rings. The Morgan fingerprint density at radius 2 is 2.26 bits per heavy atom. The summed E-state index contributed by atoms with van der Waals surface area (Å²) in [7, 11) is 0. The largest absolute Gasteiger partial charge is 0.466 e. The molecule has 2 N–H and O–H groups in total. The van der Waals surface area contributed by atoms with Crippen molar-refractivity contribution in [3.05, 3.63) is 53.7 Å². The molecule has 5 heteroatoms. The van der Waals surface area contributed by atoms with E-state index in [1.54, 1.807) is 19.1 Å². The van der Waals surface area contributed by atoms with Gasteiger partial charge in [0.15, 0.2) is 0 Å². The van der Waals surface area contributed by atoms with Gasteiger partial charge in [0.2, 0.25) is 0 Å². The number of anilines is 1. The van der Waals surface area contributed by atoms with Crippen molar-refractivity contribution in [1.82, 2.24) is 0 Å². The first-order chi connectivity index (χ1) is 9.03. The number of hydrogen-bond donors (Lipinski definition) is 2. The Balaban J connectivity index is 2.09. The zero-order valence-electron chi connectivity index (χ0n) is 10.4. The fraction of sp³-hybridized carbons (Fsp3) is 0.214. The van der Waals surface area contributed by atoms with Gasteiger partial charge >= 0.3 is 0 Å². The van der Waals surface area contributed by atoms with Crippen molar-refractivity contribution in [2.24, 2.45) is 0 Å². The van der Waals surface area contributed by atoms with Crippen LogP contribution in [0.2, 0.25) is 0 Å². The standard InChI is InChI=1S/C14H13FN2O2/c1-14(18,13-3-2-6-19-13)9-17-12-5-4-10(8-16)7-11(12)15/h2-7,17-18H,9H2,1H3. The molecular weight excluding hydrogens is 247 g/mol. The molecule has 1 unspecified atom stereocenters. The number of hydrogen-bond acceptors (Lipinski definition) is 4. The molecule has 0 fully saturated rings. The second-order valence-electron chi connectivity index (χ2n) is 4.41. The molecular formula is C14H13FN2O2. The van der Waals surface area contributed by atoms with Gasteiger partial charge in [-0.15, -0.1) is 0 Å². The van der Waals surface area contributed by atoms with E-state index in [0.29, 0.717) is 5.76 Å². The van der Waals surface area contributed by atoms with Gasteiger partial charge in [-0.05, 0) is 37.3 Å². The van der Waals surface area contributed by atoms with E-state index >= 15 is 0 Å². The fourth-order valence-corrected chi connectivity index (χ4v) is 1.67. The minimum atomic E-state index is -1.25. The van der Waals surface area contributed by atoms with E-state index in [4.69, 9.17) is 9.68 Å². The first kappa shape index (κ1) is 13.1. The van der Waals surface area contributed by atoms with Crippen LogP contribution in [0.5, 0.6) is 0 Å². The fourth-order valence-electron chi connectivity index (χ4n) is 1.67. The Morgan fingerprint density at radius 3 is 2.84 bits per heavy atom. The van der Waals surface area contributed by atoms with E-state index in [0.717, 1.165) is 6.07 Å². The molecule has 1 aromatic carbocycles. The second-order valence-corrected chi connectivity index (χ2v) is 4.41. The third-order valence-corrected chi connectivity index (χ3v) is 2.77. The Labute approximate surface area is 110 Å². The second kappa shape index (κ2) is 5.12. The van der Waals surface area contributed by atoms with E-state index in [1.807, 2.05) is 6.07 Å². The van der Waals surface area contributed by atoms with Gasteiger partial charge < -0.3 is 14.8 Å². The molecule has 0 radical (unpaired) electrons. The molecule has 0 aliphatic heterocycles. The van der Waals surface area contributed by atoms with Gasteiger partial charge in [-0.1, -0.05) is 0 Å². The summed E-state index contributed by atoms with van der Waals surface area (Å²) in [6, 6.07) is 9.29.